The molecule has 0 aliphatic heterocycles. The number of esters is 1. The van der Waals surface area contributed by atoms with Crippen molar-refractivity contribution in [1.29, 1.82) is 0 Å². The van der Waals surface area contributed by atoms with Gasteiger partial charge in [0.15, 0.2) is 0 Å². The summed E-state index contributed by atoms with van der Waals surface area (Å²) in [6.45, 7) is 6.09. The van der Waals surface area contributed by atoms with Gasteiger partial charge in [-0.3, -0.25) is 4.79 Å². The number of carbonyl (C=O) groups excluding carboxylic acids is 2. The third kappa shape index (κ3) is 2.94. The van der Waals surface area contributed by atoms with Crippen LogP contribution in [0.4, 0.5) is 4.79 Å². The molecule has 0 aromatic carbocycles. The number of hydrogen-bond donors (Lipinski definition) is 1. The van der Waals surface area contributed by atoms with Crippen LogP contribution >= 0.6 is 0 Å². The first kappa shape index (κ1) is 16.6. The number of amides is 1. The largest absolute Gasteiger partial charge is 0.469 e. The van der Waals surface area contributed by atoms with E-state index >= 15 is 0 Å². The van der Waals surface area contributed by atoms with E-state index in [9.17, 15) is 9.59 Å². The fourth-order valence-corrected chi connectivity index (χ4v) is 5.50. The van der Waals surface area contributed by atoms with Crippen molar-refractivity contribution in [3.05, 3.63) is 0 Å². The Bertz CT molecular complexity index is 490. The summed E-state index contributed by atoms with van der Waals surface area (Å²) >= 11 is 0. The zero-order valence-corrected chi connectivity index (χ0v) is 14.7. The summed E-state index contributed by atoms with van der Waals surface area (Å²) < 4.78 is 10.3. The van der Waals surface area contributed by atoms with Crippen molar-refractivity contribution < 1.29 is 19.1 Å². The van der Waals surface area contributed by atoms with Gasteiger partial charge in [-0.2, -0.15) is 0 Å². The molecule has 23 heavy (non-hydrogen) atoms. The summed E-state index contributed by atoms with van der Waals surface area (Å²) in [5.74, 6) is 2.50. The van der Waals surface area contributed by atoms with Crippen LogP contribution in [0.15, 0.2) is 0 Å². The maximum absolute atomic E-state index is 12.0. The maximum Gasteiger partial charge on any atom is 0.407 e. The zero-order valence-electron chi connectivity index (χ0n) is 14.7. The Hall–Kier alpha value is -1.26. The molecule has 0 aromatic heterocycles. The van der Waals surface area contributed by atoms with Crippen LogP contribution in [-0.4, -0.2) is 31.3 Å². The molecule has 5 heteroatoms. The van der Waals surface area contributed by atoms with Crippen LogP contribution in [0.25, 0.3) is 0 Å². The van der Waals surface area contributed by atoms with E-state index in [0.717, 1.165) is 11.8 Å². The van der Waals surface area contributed by atoms with Gasteiger partial charge in [-0.05, 0) is 63.7 Å². The molecular formula is C18H29NO4. The third-order valence-corrected chi connectivity index (χ3v) is 6.25. The Balaban J connectivity index is 1.70. The predicted molar refractivity (Wildman–Crippen MR) is 85.7 cm³/mol. The smallest absolute Gasteiger partial charge is 0.407 e. The fraction of sp³-hybridized carbons (Fsp3) is 0.889. The molecule has 3 fully saturated rings. The molecular weight excluding hydrogens is 294 g/mol. The van der Waals surface area contributed by atoms with Crippen LogP contribution in [0.5, 0.6) is 0 Å². The third-order valence-electron chi connectivity index (χ3n) is 6.25. The normalized spacial score (nSPS) is 37.7. The van der Waals surface area contributed by atoms with E-state index in [-0.39, 0.29) is 11.4 Å². The number of methoxy groups -OCH3 is 1. The van der Waals surface area contributed by atoms with Gasteiger partial charge in [0.2, 0.25) is 0 Å². The number of rotatable bonds is 4. The van der Waals surface area contributed by atoms with E-state index in [0.29, 0.717) is 24.8 Å². The molecule has 5 atom stereocenters. The molecule has 3 saturated carbocycles. The van der Waals surface area contributed by atoms with Crippen molar-refractivity contribution >= 4 is 12.1 Å². The first-order valence-corrected chi connectivity index (χ1v) is 8.79. The highest BCUT2D eigenvalue weighted by Crippen LogP contribution is 2.70. The Labute approximate surface area is 138 Å². The van der Waals surface area contributed by atoms with Gasteiger partial charge in [0.05, 0.1) is 13.5 Å². The van der Waals surface area contributed by atoms with Crippen molar-refractivity contribution in [2.45, 2.75) is 58.5 Å². The van der Waals surface area contributed by atoms with Crippen LogP contribution < -0.4 is 5.32 Å². The van der Waals surface area contributed by atoms with E-state index in [1.54, 1.807) is 0 Å². The number of ether oxygens (including phenoxy) is 2. The quantitative estimate of drug-likeness (QED) is 0.807. The lowest BCUT2D eigenvalue weighted by Gasteiger charge is -2.60. The summed E-state index contributed by atoms with van der Waals surface area (Å²) in [6.07, 6.45) is 4.99. The Morgan fingerprint density at radius 1 is 1.17 bits per heavy atom. The first-order chi connectivity index (χ1) is 10.7. The molecule has 0 spiro atoms. The highest BCUT2D eigenvalue weighted by molar-refractivity contribution is 5.71. The summed E-state index contributed by atoms with van der Waals surface area (Å²) in [4.78, 5) is 24.0. The number of nitrogens with one attached hydrogen (secondary N) is 1. The molecule has 130 valence electrons. The van der Waals surface area contributed by atoms with Gasteiger partial charge in [0.1, 0.15) is 5.60 Å². The van der Waals surface area contributed by atoms with Gasteiger partial charge in [-0.15, -0.1) is 0 Å². The van der Waals surface area contributed by atoms with Crippen molar-refractivity contribution in [3.63, 3.8) is 0 Å². The molecule has 0 radical (unpaired) electrons. The van der Waals surface area contributed by atoms with Gasteiger partial charge >= 0.3 is 12.1 Å². The molecule has 0 heterocycles. The second kappa shape index (κ2) is 5.67. The highest BCUT2D eigenvalue weighted by atomic mass is 16.6. The minimum atomic E-state index is -0.506. The van der Waals surface area contributed by atoms with Crippen molar-refractivity contribution in [2.24, 2.45) is 29.1 Å². The fourth-order valence-electron chi connectivity index (χ4n) is 5.50. The van der Waals surface area contributed by atoms with Gasteiger partial charge in [0, 0.05) is 12.0 Å². The zero-order chi connectivity index (χ0) is 16.8. The summed E-state index contributed by atoms with van der Waals surface area (Å²) in [5, 5.41) is 2.94. The van der Waals surface area contributed by atoms with Crippen molar-refractivity contribution in [2.75, 3.05) is 13.7 Å². The molecule has 2 bridgehead atoms. The standard InChI is InChI=1S/C18H29NO4/c1-17(2,3)23-16(21)19-10-18(9-15(20)22-4)13-6-5-11-7-12(13)14(18)8-11/h11-14H,5-10H2,1-4H3,(H,19,21)/t11-,12-,13+,14-,18-/m0/s1. The molecule has 3 aliphatic rings. The average Bonchev–Trinajstić information content (AvgIpc) is 2.64. The minimum Gasteiger partial charge on any atom is -0.469 e. The summed E-state index contributed by atoms with van der Waals surface area (Å²) in [6, 6.07) is 0. The molecule has 1 amide bonds. The van der Waals surface area contributed by atoms with Gasteiger partial charge in [-0.1, -0.05) is 6.42 Å². The lowest BCUT2D eigenvalue weighted by Crippen LogP contribution is -2.60. The molecule has 5 nitrogen and oxygen atoms in total. The van der Waals surface area contributed by atoms with E-state index in [4.69, 9.17) is 9.47 Å². The highest BCUT2D eigenvalue weighted by Gasteiger charge is 2.66. The molecule has 3 rings (SSSR count). The number of carbonyl (C=O) groups is 2. The second-order valence-electron chi connectivity index (χ2n) is 8.63. The van der Waals surface area contributed by atoms with Crippen LogP contribution in [0.2, 0.25) is 0 Å². The van der Waals surface area contributed by atoms with Crippen LogP contribution in [0, 0.1) is 29.1 Å². The topological polar surface area (TPSA) is 64.6 Å². The van der Waals surface area contributed by atoms with E-state index in [1.165, 1.54) is 32.8 Å². The molecule has 0 aromatic rings. The predicted octanol–water partition coefficient (Wildman–Crippen LogP) is 3.13. The van der Waals surface area contributed by atoms with Gasteiger partial charge in [0.25, 0.3) is 0 Å². The SMILES string of the molecule is COC(=O)C[C@]1(CNC(=O)OC(C)(C)C)[C@@H]2CC[C@H]3C[C@@H]2[C@@H]1C3. The monoisotopic (exact) mass is 323 g/mol. The van der Waals surface area contributed by atoms with Crippen LogP contribution in [-0.2, 0) is 14.3 Å². The van der Waals surface area contributed by atoms with Gasteiger partial charge < -0.3 is 14.8 Å². The van der Waals surface area contributed by atoms with E-state index in [1.807, 2.05) is 20.8 Å². The summed E-state index contributed by atoms with van der Waals surface area (Å²) in [7, 11) is 1.44. The number of fused-ring (bicyclic) bond motifs is 1. The molecule has 1 N–H and O–H groups in total. The van der Waals surface area contributed by atoms with Crippen LogP contribution in [0.3, 0.4) is 0 Å². The summed E-state index contributed by atoms with van der Waals surface area (Å²) in [5.41, 5.74) is -0.631. The molecule has 3 aliphatic carbocycles. The van der Waals surface area contributed by atoms with Gasteiger partial charge in [-0.25, -0.2) is 4.79 Å². The molecule has 0 saturated heterocycles. The van der Waals surface area contributed by atoms with Crippen molar-refractivity contribution in [3.8, 4) is 0 Å². The number of alkyl carbamates (subject to hydrolysis) is 1. The lowest BCUT2D eigenvalue weighted by atomic mass is 9.45. The Kier molecular flexibility index (Phi) is 4.09. The Morgan fingerprint density at radius 2 is 1.91 bits per heavy atom. The van der Waals surface area contributed by atoms with Crippen LogP contribution in [0.1, 0.15) is 52.9 Å². The Morgan fingerprint density at radius 3 is 2.57 bits per heavy atom. The number of hydrogen-bond acceptors (Lipinski definition) is 4. The second-order valence-corrected chi connectivity index (χ2v) is 8.63. The first-order valence-electron chi connectivity index (χ1n) is 8.79. The minimum absolute atomic E-state index is 0.125. The van der Waals surface area contributed by atoms with E-state index in [2.05, 4.69) is 5.32 Å². The van der Waals surface area contributed by atoms with Crippen molar-refractivity contribution in [1.82, 2.24) is 5.32 Å². The van der Waals surface area contributed by atoms with E-state index < -0.39 is 11.7 Å². The average molecular weight is 323 g/mol. The lowest BCUT2D eigenvalue weighted by molar-refractivity contribution is -0.160. The maximum atomic E-state index is 12.0. The molecule has 0 unspecified atom stereocenters.